The number of hydrogen-bond donors (Lipinski definition) is 2. The van der Waals surface area contributed by atoms with Crippen molar-refractivity contribution in [2.45, 2.75) is 19.8 Å². The normalized spacial score (nSPS) is 10.3. The van der Waals surface area contributed by atoms with Crippen LogP contribution in [0.4, 0.5) is 11.8 Å². The number of aromatic nitrogens is 5. The summed E-state index contributed by atoms with van der Waals surface area (Å²) in [6.45, 7) is 2.07. The average molecular weight is 275 g/mol. The molecule has 2 N–H and O–H groups in total. The second kappa shape index (κ2) is 6.09. The van der Waals surface area contributed by atoms with Crippen LogP contribution in [0.15, 0.2) is 12.1 Å². The number of anilines is 2. The highest BCUT2D eigenvalue weighted by Crippen LogP contribution is 2.13. The molecule has 1 amide bonds. The standard InChI is InChI=1S/C12H17N7O/c1-4-5-9-6-8(7-10(13-2)14-9)11(20)15-12-16-18-19(3)17-12/h6-7H,4-5H2,1-3H3,(H,13,14)(H,15,17,20). The summed E-state index contributed by atoms with van der Waals surface area (Å²) in [6.07, 6.45) is 1.78. The zero-order chi connectivity index (χ0) is 14.5. The third kappa shape index (κ3) is 3.28. The summed E-state index contributed by atoms with van der Waals surface area (Å²) >= 11 is 0. The molecule has 0 aromatic carbocycles. The van der Waals surface area contributed by atoms with E-state index in [0.29, 0.717) is 11.4 Å². The Hall–Kier alpha value is -2.51. The second-order valence-corrected chi connectivity index (χ2v) is 4.29. The van der Waals surface area contributed by atoms with Crippen molar-refractivity contribution in [2.24, 2.45) is 7.05 Å². The molecule has 8 heteroatoms. The van der Waals surface area contributed by atoms with E-state index in [-0.39, 0.29) is 11.9 Å². The highest BCUT2D eigenvalue weighted by Gasteiger charge is 2.12. The molecule has 2 aromatic heterocycles. The quantitative estimate of drug-likeness (QED) is 0.839. The SMILES string of the molecule is CCCc1cc(C(=O)Nc2nnn(C)n2)cc(NC)n1. The summed E-state index contributed by atoms with van der Waals surface area (Å²) in [7, 11) is 3.40. The Balaban J connectivity index is 2.21. The summed E-state index contributed by atoms with van der Waals surface area (Å²) < 4.78 is 0. The molecule has 0 atom stereocenters. The maximum atomic E-state index is 12.2. The molecule has 20 heavy (non-hydrogen) atoms. The van der Waals surface area contributed by atoms with Crippen LogP contribution < -0.4 is 10.6 Å². The molecule has 0 aliphatic carbocycles. The minimum absolute atomic E-state index is 0.178. The van der Waals surface area contributed by atoms with Crippen molar-refractivity contribution in [3.63, 3.8) is 0 Å². The molecule has 0 aliphatic heterocycles. The molecule has 106 valence electrons. The van der Waals surface area contributed by atoms with Gasteiger partial charge in [0.25, 0.3) is 11.9 Å². The van der Waals surface area contributed by atoms with Gasteiger partial charge in [-0.15, -0.1) is 5.10 Å². The van der Waals surface area contributed by atoms with Crippen molar-refractivity contribution in [1.29, 1.82) is 0 Å². The summed E-state index contributed by atoms with van der Waals surface area (Å²) in [5.74, 6) is 0.555. The lowest BCUT2D eigenvalue weighted by Gasteiger charge is -2.07. The molecule has 0 saturated heterocycles. The van der Waals surface area contributed by atoms with Crippen molar-refractivity contribution in [3.8, 4) is 0 Å². The average Bonchev–Trinajstić information content (AvgIpc) is 2.84. The van der Waals surface area contributed by atoms with E-state index in [0.717, 1.165) is 18.5 Å². The van der Waals surface area contributed by atoms with Gasteiger partial charge in [-0.3, -0.25) is 10.1 Å². The number of pyridine rings is 1. The number of rotatable bonds is 5. The van der Waals surface area contributed by atoms with E-state index in [9.17, 15) is 4.79 Å². The van der Waals surface area contributed by atoms with Crippen LogP contribution in [0.5, 0.6) is 0 Å². The van der Waals surface area contributed by atoms with Gasteiger partial charge in [0.15, 0.2) is 0 Å². The Morgan fingerprint density at radius 2 is 2.20 bits per heavy atom. The highest BCUT2D eigenvalue weighted by atomic mass is 16.1. The van der Waals surface area contributed by atoms with Crippen LogP contribution in [0.3, 0.4) is 0 Å². The Kier molecular flexibility index (Phi) is 4.24. The van der Waals surface area contributed by atoms with Gasteiger partial charge in [-0.25, -0.2) is 4.98 Å². The number of nitrogens with one attached hydrogen (secondary N) is 2. The maximum Gasteiger partial charge on any atom is 0.270 e. The highest BCUT2D eigenvalue weighted by molar-refractivity contribution is 6.03. The van der Waals surface area contributed by atoms with E-state index in [1.807, 2.05) is 0 Å². The Labute approximate surface area is 116 Å². The van der Waals surface area contributed by atoms with Gasteiger partial charge in [0, 0.05) is 18.3 Å². The van der Waals surface area contributed by atoms with E-state index >= 15 is 0 Å². The molecule has 0 spiro atoms. The smallest absolute Gasteiger partial charge is 0.270 e. The van der Waals surface area contributed by atoms with E-state index in [1.165, 1.54) is 4.80 Å². The van der Waals surface area contributed by atoms with Crippen molar-refractivity contribution < 1.29 is 4.79 Å². The van der Waals surface area contributed by atoms with Crippen LogP contribution in [-0.2, 0) is 13.5 Å². The first kappa shape index (κ1) is 13.9. The fraction of sp³-hybridized carbons (Fsp3) is 0.417. The number of hydrogen-bond acceptors (Lipinski definition) is 6. The molecule has 0 unspecified atom stereocenters. The number of nitrogens with zero attached hydrogens (tertiary/aromatic N) is 5. The van der Waals surface area contributed by atoms with E-state index in [1.54, 1.807) is 26.2 Å². The van der Waals surface area contributed by atoms with Crippen LogP contribution in [0.1, 0.15) is 29.4 Å². The Morgan fingerprint density at radius 3 is 2.80 bits per heavy atom. The molecule has 0 radical (unpaired) electrons. The fourth-order valence-corrected chi connectivity index (χ4v) is 1.74. The predicted molar refractivity (Wildman–Crippen MR) is 74.5 cm³/mol. The summed E-state index contributed by atoms with van der Waals surface area (Å²) in [6, 6.07) is 3.46. The lowest BCUT2D eigenvalue weighted by atomic mass is 10.1. The first-order chi connectivity index (χ1) is 9.62. The third-order valence-corrected chi connectivity index (χ3v) is 2.64. The lowest BCUT2D eigenvalue weighted by Crippen LogP contribution is -2.14. The van der Waals surface area contributed by atoms with Crippen LogP contribution in [-0.4, -0.2) is 38.1 Å². The molecule has 0 fully saturated rings. The minimum Gasteiger partial charge on any atom is -0.373 e. The molecule has 0 aliphatic rings. The van der Waals surface area contributed by atoms with Gasteiger partial charge in [-0.2, -0.15) is 4.80 Å². The summed E-state index contributed by atoms with van der Waals surface area (Å²) in [5, 5.41) is 16.8. The van der Waals surface area contributed by atoms with E-state index < -0.39 is 0 Å². The van der Waals surface area contributed by atoms with Gasteiger partial charge in [-0.05, 0) is 23.8 Å². The second-order valence-electron chi connectivity index (χ2n) is 4.29. The van der Waals surface area contributed by atoms with Crippen molar-refractivity contribution in [2.75, 3.05) is 17.7 Å². The van der Waals surface area contributed by atoms with Gasteiger partial charge in [0.1, 0.15) is 5.82 Å². The van der Waals surface area contributed by atoms with Crippen molar-refractivity contribution in [3.05, 3.63) is 23.4 Å². The van der Waals surface area contributed by atoms with E-state index in [2.05, 4.69) is 38.0 Å². The Morgan fingerprint density at radius 1 is 1.40 bits per heavy atom. The molecule has 2 rings (SSSR count). The first-order valence-electron chi connectivity index (χ1n) is 6.36. The van der Waals surface area contributed by atoms with E-state index in [4.69, 9.17) is 0 Å². The van der Waals surface area contributed by atoms with Crippen molar-refractivity contribution in [1.82, 2.24) is 25.2 Å². The summed E-state index contributed by atoms with van der Waals surface area (Å²) in [5.41, 5.74) is 1.39. The maximum absolute atomic E-state index is 12.2. The molecular weight excluding hydrogens is 258 g/mol. The number of amides is 1. The van der Waals surface area contributed by atoms with Gasteiger partial charge in [-0.1, -0.05) is 18.4 Å². The van der Waals surface area contributed by atoms with Gasteiger partial charge >= 0.3 is 0 Å². The largest absolute Gasteiger partial charge is 0.373 e. The third-order valence-electron chi connectivity index (χ3n) is 2.64. The van der Waals surface area contributed by atoms with Gasteiger partial charge in [0.05, 0.1) is 7.05 Å². The molecule has 8 nitrogen and oxygen atoms in total. The van der Waals surface area contributed by atoms with Gasteiger partial charge < -0.3 is 5.32 Å². The first-order valence-corrected chi connectivity index (χ1v) is 6.36. The number of aryl methyl sites for hydroxylation is 2. The topological polar surface area (TPSA) is 97.6 Å². The van der Waals surface area contributed by atoms with Gasteiger partial charge in [0.2, 0.25) is 0 Å². The van der Waals surface area contributed by atoms with Crippen molar-refractivity contribution >= 4 is 17.7 Å². The van der Waals surface area contributed by atoms with Crippen LogP contribution in [0.25, 0.3) is 0 Å². The van der Waals surface area contributed by atoms with Crippen LogP contribution >= 0.6 is 0 Å². The molecule has 0 saturated carbocycles. The summed E-state index contributed by atoms with van der Waals surface area (Å²) in [4.78, 5) is 17.8. The zero-order valence-electron chi connectivity index (χ0n) is 11.7. The molecule has 0 bridgehead atoms. The van der Waals surface area contributed by atoms with Crippen LogP contribution in [0, 0.1) is 0 Å². The minimum atomic E-state index is -0.283. The predicted octanol–water partition coefficient (Wildman–Crippen LogP) is 0.852. The molecule has 2 aromatic rings. The number of carbonyl (C=O) groups excluding carboxylic acids is 1. The number of tetrazole rings is 1. The fourth-order valence-electron chi connectivity index (χ4n) is 1.74. The lowest BCUT2D eigenvalue weighted by molar-refractivity contribution is 0.102. The molecule has 2 heterocycles. The Bertz CT molecular complexity index is 608. The monoisotopic (exact) mass is 275 g/mol. The van der Waals surface area contributed by atoms with Crippen LogP contribution in [0.2, 0.25) is 0 Å². The molecular formula is C12H17N7O. The zero-order valence-corrected chi connectivity index (χ0v) is 11.7. The number of carbonyl (C=O) groups is 1.